The van der Waals surface area contributed by atoms with Crippen LogP contribution in [0.3, 0.4) is 0 Å². The number of fused-ring (bicyclic) bond motifs is 1. The summed E-state index contributed by atoms with van der Waals surface area (Å²) in [5, 5.41) is 0. The summed E-state index contributed by atoms with van der Waals surface area (Å²) in [6.45, 7) is 1.22. The minimum atomic E-state index is -0.133. The number of anilines is 2. The molecule has 17 heavy (non-hydrogen) atoms. The molecule has 0 atom stereocenters. The van der Waals surface area contributed by atoms with Crippen LogP contribution in [0, 0.1) is 0 Å². The average Bonchev–Trinajstić information content (AvgIpc) is 2.74. The quantitative estimate of drug-likeness (QED) is 0.759. The van der Waals surface area contributed by atoms with E-state index in [4.69, 9.17) is 5.73 Å². The number of H-pyrrole nitrogens is 1. The second-order valence-corrected chi connectivity index (χ2v) is 4.07. The largest absolute Gasteiger partial charge is 0.369 e. The smallest absolute Gasteiger partial charge is 0.257 e. The van der Waals surface area contributed by atoms with E-state index in [-0.39, 0.29) is 11.5 Å². The van der Waals surface area contributed by atoms with Gasteiger partial charge in [0.25, 0.3) is 5.56 Å². The van der Waals surface area contributed by atoms with Gasteiger partial charge in [-0.05, 0) is 12.1 Å². The van der Waals surface area contributed by atoms with E-state index < -0.39 is 0 Å². The molecule has 1 aromatic carbocycles. The molecule has 86 valence electrons. The van der Waals surface area contributed by atoms with Crippen molar-refractivity contribution in [3.05, 3.63) is 51.9 Å². The molecule has 5 nitrogen and oxygen atoms in total. The number of nitrogen functional groups attached to an aromatic ring is 1. The van der Waals surface area contributed by atoms with Crippen LogP contribution in [0.2, 0.25) is 0 Å². The topological polar surface area (TPSA) is 75.0 Å². The standard InChI is InChI=1S/C12H12N4O/c13-12-14-10-7-16(6-9(10)11(17)15-12)8-4-2-1-3-5-8/h1-5H,6-7H2,(H3,13,14,15,17). The Balaban J connectivity index is 1.99. The number of nitrogens with two attached hydrogens (primary N) is 1. The number of aromatic nitrogens is 2. The summed E-state index contributed by atoms with van der Waals surface area (Å²) in [6, 6.07) is 9.96. The van der Waals surface area contributed by atoms with Gasteiger partial charge >= 0.3 is 0 Å². The number of para-hydroxylation sites is 1. The number of aromatic amines is 1. The van der Waals surface area contributed by atoms with Crippen molar-refractivity contribution >= 4 is 11.6 Å². The van der Waals surface area contributed by atoms with Gasteiger partial charge in [-0.2, -0.15) is 0 Å². The lowest BCUT2D eigenvalue weighted by Crippen LogP contribution is -2.18. The van der Waals surface area contributed by atoms with Gasteiger partial charge in [-0.3, -0.25) is 9.78 Å². The zero-order valence-corrected chi connectivity index (χ0v) is 9.18. The third-order valence-electron chi connectivity index (χ3n) is 2.93. The van der Waals surface area contributed by atoms with E-state index in [1.807, 2.05) is 30.3 Å². The molecule has 1 aromatic heterocycles. The number of benzene rings is 1. The number of hydrogen-bond acceptors (Lipinski definition) is 4. The molecule has 1 aliphatic heterocycles. The summed E-state index contributed by atoms with van der Waals surface area (Å²) in [7, 11) is 0. The number of rotatable bonds is 1. The van der Waals surface area contributed by atoms with Crippen molar-refractivity contribution in [3.8, 4) is 0 Å². The van der Waals surface area contributed by atoms with E-state index in [0.29, 0.717) is 18.7 Å². The van der Waals surface area contributed by atoms with Gasteiger partial charge in [-0.1, -0.05) is 18.2 Å². The van der Waals surface area contributed by atoms with Gasteiger partial charge in [0.15, 0.2) is 0 Å². The fourth-order valence-electron chi connectivity index (χ4n) is 2.11. The van der Waals surface area contributed by atoms with Crippen molar-refractivity contribution in [2.75, 3.05) is 10.6 Å². The van der Waals surface area contributed by atoms with Crippen LogP contribution in [0.5, 0.6) is 0 Å². The van der Waals surface area contributed by atoms with Gasteiger partial charge in [0.05, 0.1) is 24.3 Å². The number of hydrogen-bond donors (Lipinski definition) is 2. The van der Waals surface area contributed by atoms with E-state index in [9.17, 15) is 4.79 Å². The van der Waals surface area contributed by atoms with E-state index in [1.165, 1.54) is 0 Å². The Morgan fingerprint density at radius 3 is 2.76 bits per heavy atom. The lowest BCUT2D eigenvalue weighted by atomic mass is 10.3. The van der Waals surface area contributed by atoms with Crippen molar-refractivity contribution in [2.24, 2.45) is 0 Å². The summed E-state index contributed by atoms with van der Waals surface area (Å²) in [4.78, 5) is 20.5. The zero-order valence-electron chi connectivity index (χ0n) is 9.18. The van der Waals surface area contributed by atoms with Crippen molar-refractivity contribution in [1.82, 2.24) is 9.97 Å². The summed E-state index contributed by atoms with van der Waals surface area (Å²) in [5.41, 5.74) is 7.97. The Labute approximate surface area is 97.9 Å². The maximum Gasteiger partial charge on any atom is 0.257 e. The maximum absolute atomic E-state index is 11.7. The second-order valence-electron chi connectivity index (χ2n) is 4.07. The molecule has 0 bridgehead atoms. The lowest BCUT2D eigenvalue weighted by Gasteiger charge is -2.16. The highest BCUT2D eigenvalue weighted by atomic mass is 16.1. The molecule has 0 radical (unpaired) electrons. The van der Waals surface area contributed by atoms with Gasteiger partial charge in [-0.15, -0.1) is 0 Å². The third kappa shape index (κ3) is 1.65. The molecule has 0 saturated carbocycles. The molecule has 2 aromatic rings. The molecule has 5 heteroatoms. The van der Waals surface area contributed by atoms with Gasteiger partial charge in [0.2, 0.25) is 5.95 Å². The molecule has 0 saturated heterocycles. The molecule has 3 rings (SSSR count). The first kappa shape index (κ1) is 9.89. The summed E-state index contributed by atoms with van der Waals surface area (Å²) in [5.74, 6) is 0.184. The van der Waals surface area contributed by atoms with Crippen LogP contribution in [0.25, 0.3) is 0 Å². The Kier molecular flexibility index (Phi) is 2.11. The minimum Gasteiger partial charge on any atom is -0.369 e. The van der Waals surface area contributed by atoms with Gasteiger partial charge < -0.3 is 10.6 Å². The predicted molar refractivity (Wildman–Crippen MR) is 65.6 cm³/mol. The molecule has 0 fully saturated rings. The average molecular weight is 228 g/mol. The van der Waals surface area contributed by atoms with Crippen molar-refractivity contribution < 1.29 is 0 Å². The number of nitrogens with zero attached hydrogens (tertiary/aromatic N) is 2. The molecule has 1 aliphatic rings. The van der Waals surface area contributed by atoms with Crippen LogP contribution in [-0.2, 0) is 13.1 Å². The number of nitrogens with one attached hydrogen (secondary N) is 1. The fourth-order valence-corrected chi connectivity index (χ4v) is 2.11. The first-order valence-corrected chi connectivity index (χ1v) is 5.41. The van der Waals surface area contributed by atoms with Crippen LogP contribution in [0.15, 0.2) is 35.1 Å². The molecular formula is C12H12N4O. The van der Waals surface area contributed by atoms with Gasteiger partial charge in [0.1, 0.15) is 0 Å². The van der Waals surface area contributed by atoms with Crippen molar-refractivity contribution in [1.29, 1.82) is 0 Å². The highest BCUT2D eigenvalue weighted by Crippen LogP contribution is 2.24. The van der Waals surface area contributed by atoms with Crippen LogP contribution in [0.1, 0.15) is 11.3 Å². The van der Waals surface area contributed by atoms with Crippen molar-refractivity contribution in [3.63, 3.8) is 0 Å². The van der Waals surface area contributed by atoms with Crippen LogP contribution >= 0.6 is 0 Å². The van der Waals surface area contributed by atoms with E-state index >= 15 is 0 Å². The summed E-state index contributed by atoms with van der Waals surface area (Å²) in [6.07, 6.45) is 0. The SMILES string of the molecule is Nc1nc2c(c(=O)[nH]1)CN(c1ccccc1)C2. The second kappa shape index (κ2) is 3.62. The first-order valence-electron chi connectivity index (χ1n) is 5.41. The van der Waals surface area contributed by atoms with Crippen molar-refractivity contribution in [2.45, 2.75) is 13.1 Å². The Morgan fingerprint density at radius 2 is 2.00 bits per heavy atom. The monoisotopic (exact) mass is 228 g/mol. The predicted octanol–water partition coefficient (Wildman–Crippen LogP) is 0.872. The van der Waals surface area contributed by atoms with Crippen LogP contribution in [-0.4, -0.2) is 9.97 Å². The summed E-state index contributed by atoms with van der Waals surface area (Å²) < 4.78 is 0. The zero-order chi connectivity index (χ0) is 11.8. The molecule has 3 N–H and O–H groups in total. The Hall–Kier alpha value is -2.30. The highest BCUT2D eigenvalue weighted by molar-refractivity contribution is 5.50. The Morgan fingerprint density at radius 1 is 1.24 bits per heavy atom. The first-order chi connectivity index (χ1) is 8.24. The van der Waals surface area contributed by atoms with Gasteiger partial charge in [-0.25, -0.2) is 4.98 Å². The molecular weight excluding hydrogens is 216 g/mol. The normalized spacial score (nSPS) is 13.8. The molecule has 0 aliphatic carbocycles. The fraction of sp³-hybridized carbons (Fsp3) is 0.167. The molecule has 2 heterocycles. The lowest BCUT2D eigenvalue weighted by molar-refractivity contribution is 0.870. The van der Waals surface area contributed by atoms with E-state index in [1.54, 1.807) is 0 Å². The summed E-state index contributed by atoms with van der Waals surface area (Å²) >= 11 is 0. The molecule has 0 amide bonds. The van der Waals surface area contributed by atoms with E-state index in [2.05, 4.69) is 14.9 Å². The minimum absolute atomic E-state index is 0.133. The maximum atomic E-state index is 11.7. The van der Waals surface area contributed by atoms with Gasteiger partial charge in [0, 0.05) is 5.69 Å². The molecule has 0 unspecified atom stereocenters. The van der Waals surface area contributed by atoms with Crippen LogP contribution in [0.4, 0.5) is 11.6 Å². The molecule has 0 spiro atoms. The van der Waals surface area contributed by atoms with E-state index in [0.717, 1.165) is 11.4 Å². The Bertz CT molecular complexity index is 606. The highest BCUT2D eigenvalue weighted by Gasteiger charge is 2.23. The third-order valence-corrected chi connectivity index (χ3v) is 2.93. The van der Waals surface area contributed by atoms with Crippen LogP contribution < -0.4 is 16.2 Å².